The number of nitrogens with zero attached hydrogens (tertiary/aromatic N) is 2. The van der Waals surface area contributed by atoms with Crippen LogP contribution in [0.15, 0.2) is 60.8 Å². The summed E-state index contributed by atoms with van der Waals surface area (Å²) in [6.07, 6.45) is -0.243. The molecule has 10 heteroatoms. The van der Waals surface area contributed by atoms with Crippen LogP contribution in [-0.2, 0) is 20.8 Å². The summed E-state index contributed by atoms with van der Waals surface area (Å²) in [5.41, 5.74) is 0.788. The van der Waals surface area contributed by atoms with E-state index in [1.54, 1.807) is 18.3 Å². The summed E-state index contributed by atoms with van der Waals surface area (Å²) in [4.78, 5) is 29.0. The number of hydrogen-bond donors (Lipinski definition) is 3. The molecule has 3 N–H and O–H groups in total. The maximum absolute atomic E-state index is 12.5. The van der Waals surface area contributed by atoms with Crippen LogP contribution in [0, 0.1) is 0 Å². The van der Waals surface area contributed by atoms with Crippen molar-refractivity contribution in [3.63, 3.8) is 0 Å². The van der Waals surface area contributed by atoms with E-state index in [1.807, 2.05) is 42.5 Å². The van der Waals surface area contributed by atoms with Crippen LogP contribution in [0.3, 0.4) is 0 Å². The fraction of sp³-hybridized carbons (Fsp3) is 0.292. The molecule has 2 aromatic carbocycles. The Labute approximate surface area is 202 Å². The van der Waals surface area contributed by atoms with Crippen LogP contribution in [0.5, 0.6) is 0 Å². The summed E-state index contributed by atoms with van der Waals surface area (Å²) in [6.45, 7) is 0.704. The third-order valence-corrected chi connectivity index (χ3v) is 5.08. The number of hydrogen-bond acceptors (Lipinski definition) is 7. The number of pyridine rings is 1. The van der Waals surface area contributed by atoms with Gasteiger partial charge in [-0.3, -0.25) is 15.4 Å². The van der Waals surface area contributed by atoms with Gasteiger partial charge >= 0.3 is 6.09 Å². The fourth-order valence-electron chi connectivity index (χ4n) is 3.06. The van der Waals surface area contributed by atoms with E-state index in [4.69, 9.17) is 26.2 Å². The number of aliphatic hydroxyl groups is 1. The largest absolute Gasteiger partial charge is 0.430 e. The topological polar surface area (TPSA) is 124 Å². The molecular formula is C24H26ClN4O5. The van der Waals surface area contributed by atoms with Crippen molar-refractivity contribution in [2.45, 2.75) is 19.2 Å². The first-order chi connectivity index (χ1) is 16.5. The number of aliphatic hydroxyl groups excluding tert-OH is 1. The molecule has 3 aromatic rings. The van der Waals surface area contributed by atoms with Crippen molar-refractivity contribution in [3.05, 3.63) is 71.4 Å². The Kier molecular flexibility index (Phi) is 10.1. The van der Waals surface area contributed by atoms with Gasteiger partial charge in [0, 0.05) is 23.2 Å². The highest BCUT2D eigenvalue weighted by molar-refractivity contribution is 6.31. The van der Waals surface area contributed by atoms with Crippen LogP contribution < -0.4 is 16.0 Å². The lowest BCUT2D eigenvalue weighted by molar-refractivity contribution is -0.124. The average molecular weight is 486 g/mol. The number of halogens is 1. The minimum absolute atomic E-state index is 0.100. The predicted molar refractivity (Wildman–Crippen MR) is 128 cm³/mol. The zero-order chi connectivity index (χ0) is 24.2. The summed E-state index contributed by atoms with van der Waals surface area (Å²) < 4.78 is 10.5. The van der Waals surface area contributed by atoms with Crippen molar-refractivity contribution in [2.24, 2.45) is 0 Å². The molecule has 3 rings (SSSR count). The van der Waals surface area contributed by atoms with E-state index in [0.29, 0.717) is 10.8 Å². The molecule has 1 radical (unpaired) electrons. The molecule has 0 spiro atoms. The van der Waals surface area contributed by atoms with Crippen LogP contribution in [-0.4, -0.2) is 54.7 Å². The van der Waals surface area contributed by atoms with E-state index in [-0.39, 0.29) is 39.3 Å². The van der Waals surface area contributed by atoms with Gasteiger partial charge in [0.05, 0.1) is 32.8 Å². The van der Waals surface area contributed by atoms with E-state index in [0.717, 1.165) is 16.3 Å². The van der Waals surface area contributed by atoms with Crippen molar-refractivity contribution in [2.75, 3.05) is 31.7 Å². The molecule has 2 amide bonds. The van der Waals surface area contributed by atoms with Gasteiger partial charge in [-0.1, -0.05) is 54.1 Å². The molecule has 1 heterocycles. The van der Waals surface area contributed by atoms with Crippen molar-refractivity contribution < 1.29 is 24.2 Å². The highest BCUT2D eigenvalue weighted by atomic mass is 35.5. The molecule has 0 bridgehead atoms. The van der Waals surface area contributed by atoms with Gasteiger partial charge in [-0.25, -0.2) is 15.1 Å². The first-order valence-electron chi connectivity index (χ1n) is 10.7. The van der Waals surface area contributed by atoms with Crippen LogP contribution in [0.4, 0.5) is 10.6 Å². The fourth-order valence-corrected chi connectivity index (χ4v) is 3.26. The number of carbonyl (C=O) groups is 2. The second kappa shape index (κ2) is 13.5. The Hall–Kier alpha value is -3.24. The lowest BCUT2D eigenvalue weighted by Gasteiger charge is -2.19. The monoisotopic (exact) mass is 485 g/mol. The molecule has 0 aliphatic heterocycles. The standard InChI is InChI=1S/C24H26ClN4O5/c25-20-8-4-3-7-19(20)16-28-23(14-22(31)26-9-11-33-12-10-30)34-24(32)29-21-13-17-5-1-2-6-18(17)15-27-21/h1-8,13,15,23,28,30H,9-12,14,16H2,(H,27,29,32). The highest BCUT2D eigenvalue weighted by Crippen LogP contribution is 2.17. The summed E-state index contributed by atoms with van der Waals surface area (Å²) in [6, 6.07) is 16.6. The summed E-state index contributed by atoms with van der Waals surface area (Å²) in [5.74, 6) is -0.133. The quantitative estimate of drug-likeness (QED) is 0.266. The van der Waals surface area contributed by atoms with Crippen molar-refractivity contribution >= 4 is 40.2 Å². The number of ether oxygens (including phenoxy) is 2. The highest BCUT2D eigenvalue weighted by Gasteiger charge is 2.20. The molecule has 34 heavy (non-hydrogen) atoms. The number of aromatic nitrogens is 1. The molecule has 179 valence electrons. The van der Waals surface area contributed by atoms with Crippen molar-refractivity contribution in [3.8, 4) is 0 Å². The maximum atomic E-state index is 12.5. The van der Waals surface area contributed by atoms with E-state index >= 15 is 0 Å². The number of rotatable bonds is 12. The predicted octanol–water partition coefficient (Wildman–Crippen LogP) is 3.08. The number of fused-ring (bicyclic) bond motifs is 1. The first kappa shape index (κ1) is 25.4. The molecule has 0 aliphatic rings. The number of amides is 2. The lowest BCUT2D eigenvalue weighted by atomic mass is 10.2. The molecule has 0 saturated carbocycles. The average Bonchev–Trinajstić information content (AvgIpc) is 2.83. The molecule has 9 nitrogen and oxygen atoms in total. The van der Waals surface area contributed by atoms with Gasteiger partial charge in [0.2, 0.25) is 5.91 Å². The van der Waals surface area contributed by atoms with Gasteiger partial charge in [0.1, 0.15) is 5.82 Å². The second-order valence-corrected chi connectivity index (χ2v) is 7.63. The zero-order valence-corrected chi connectivity index (χ0v) is 19.2. The summed E-state index contributed by atoms with van der Waals surface area (Å²) >= 11 is 6.20. The SMILES string of the molecule is O=C(CC(NCc1ccccc1Cl)OC(=O)Nc1cc2ccccc2cn1)[N]CCOCCO. The van der Waals surface area contributed by atoms with Gasteiger partial charge < -0.3 is 14.6 Å². The van der Waals surface area contributed by atoms with E-state index in [1.165, 1.54) is 0 Å². The minimum Gasteiger partial charge on any atom is -0.430 e. The van der Waals surface area contributed by atoms with Crippen LogP contribution in [0.1, 0.15) is 12.0 Å². The van der Waals surface area contributed by atoms with Gasteiger partial charge in [0.15, 0.2) is 6.23 Å². The Morgan fingerprint density at radius 3 is 2.65 bits per heavy atom. The van der Waals surface area contributed by atoms with E-state index in [2.05, 4.69) is 20.9 Å². The van der Waals surface area contributed by atoms with Crippen LogP contribution in [0.2, 0.25) is 5.02 Å². The molecule has 1 unspecified atom stereocenters. The van der Waals surface area contributed by atoms with E-state index in [9.17, 15) is 9.59 Å². The van der Waals surface area contributed by atoms with Gasteiger partial charge in [-0.15, -0.1) is 0 Å². The first-order valence-corrected chi connectivity index (χ1v) is 11.1. The number of nitrogens with one attached hydrogen (secondary N) is 2. The van der Waals surface area contributed by atoms with Gasteiger partial charge in [-0.05, 0) is 23.1 Å². The summed E-state index contributed by atoms with van der Waals surface area (Å²) in [7, 11) is 0. The second-order valence-electron chi connectivity index (χ2n) is 7.22. The molecule has 1 atom stereocenters. The zero-order valence-electron chi connectivity index (χ0n) is 18.4. The van der Waals surface area contributed by atoms with Gasteiger partial charge in [0.25, 0.3) is 0 Å². The smallest absolute Gasteiger partial charge is 0.414 e. The van der Waals surface area contributed by atoms with Gasteiger partial charge in [-0.2, -0.15) is 0 Å². The van der Waals surface area contributed by atoms with Crippen LogP contribution in [0.25, 0.3) is 10.8 Å². The normalized spacial score (nSPS) is 11.7. The molecular weight excluding hydrogens is 460 g/mol. The Morgan fingerprint density at radius 1 is 1.09 bits per heavy atom. The molecule has 0 fully saturated rings. The number of carbonyl (C=O) groups excluding carboxylic acids is 2. The Bertz CT molecular complexity index is 1100. The van der Waals surface area contributed by atoms with Crippen LogP contribution >= 0.6 is 11.6 Å². The summed E-state index contributed by atoms with van der Waals surface area (Å²) in [5, 5.41) is 20.6. The third-order valence-electron chi connectivity index (χ3n) is 4.71. The number of anilines is 1. The Morgan fingerprint density at radius 2 is 1.85 bits per heavy atom. The molecule has 0 aliphatic carbocycles. The van der Waals surface area contributed by atoms with Crippen molar-refractivity contribution in [1.29, 1.82) is 0 Å². The molecule has 1 aromatic heterocycles. The molecule has 0 saturated heterocycles. The minimum atomic E-state index is -0.952. The Balaban J connectivity index is 1.59. The van der Waals surface area contributed by atoms with Crippen molar-refractivity contribution in [1.82, 2.24) is 15.6 Å². The van der Waals surface area contributed by atoms with E-state index < -0.39 is 18.2 Å². The lowest BCUT2D eigenvalue weighted by Crippen LogP contribution is -2.38. The third kappa shape index (κ3) is 8.27. The maximum Gasteiger partial charge on any atom is 0.414 e. The number of benzene rings is 2.